The van der Waals surface area contributed by atoms with E-state index in [9.17, 15) is 4.79 Å². The number of nitrogens with zero attached hydrogens (tertiary/aromatic N) is 3. The number of hydrogen-bond acceptors (Lipinski definition) is 9. The lowest BCUT2D eigenvalue weighted by Gasteiger charge is -2.30. The number of alkyl carbamates (subject to hydrolysis) is 1. The number of pyridine rings is 1. The van der Waals surface area contributed by atoms with Crippen LogP contribution in [0.1, 0.15) is 52.0 Å². The molecular formula is C32H37N5O5. The number of rotatable bonds is 8. The van der Waals surface area contributed by atoms with E-state index in [-0.39, 0.29) is 18.2 Å². The van der Waals surface area contributed by atoms with Crippen LogP contribution in [0.5, 0.6) is 23.0 Å². The molecule has 0 aliphatic heterocycles. The summed E-state index contributed by atoms with van der Waals surface area (Å²) in [4.78, 5) is 25.2. The van der Waals surface area contributed by atoms with E-state index in [2.05, 4.69) is 25.6 Å². The summed E-state index contributed by atoms with van der Waals surface area (Å²) in [7, 11) is 1.62. The SMILES string of the molecule is COc1cc2ncnc(Nc3ccc(Oc4cccnc4)c(C)c3)c2cc1O[C@H]1CC[C@H](NC(=O)OC(C)(C)C)CC1. The van der Waals surface area contributed by atoms with Gasteiger partial charge in [0.15, 0.2) is 11.5 Å². The maximum absolute atomic E-state index is 12.2. The van der Waals surface area contributed by atoms with Gasteiger partial charge in [0.2, 0.25) is 0 Å². The van der Waals surface area contributed by atoms with E-state index >= 15 is 0 Å². The van der Waals surface area contributed by atoms with Gasteiger partial charge in [0.05, 0.1) is 24.9 Å². The third kappa shape index (κ3) is 7.37. The maximum atomic E-state index is 12.2. The Bertz CT molecular complexity index is 1530. The predicted molar refractivity (Wildman–Crippen MR) is 161 cm³/mol. The fraction of sp³-hybridized carbons (Fsp3) is 0.375. The van der Waals surface area contributed by atoms with E-state index in [0.29, 0.717) is 23.1 Å². The van der Waals surface area contributed by atoms with E-state index in [1.165, 1.54) is 6.33 Å². The Kier molecular flexibility index (Phi) is 8.61. The first kappa shape index (κ1) is 28.9. The monoisotopic (exact) mass is 571 g/mol. The highest BCUT2D eigenvalue weighted by atomic mass is 16.6. The van der Waals surface area contributed by atoms with Crippen LogP contribution in [0.15, 0.2) is 61.2 Å². The summed E-state index contributed by atoms with van der Waals surface area (Å²) in [5.41, 5.74) is 2.03. The van der Waals surface area contributed by atoms with Gasteiger partial charge in [0.1, 0.15) is 29.2 Å². The molecule has 2 N–H and O–H groups in total. The van der Waals surface area contributed by atoms with Crippen molar-refractivity contribution in [1.82, 2.24) is 20.3 Å². The standard InChI is InChI=1S/C32H37N5O5/c1-20-15-22(10-13-27(20)41-24-7-6-14-33-18-24)36-30-25-16-29(28(39-5)17-26(25)34-19-35-30)40-23-11-8-21(9-12-23)37-31(38)42-32(2,3)4/h6-7,10,13-19,21,23H,8-9,11-12H2,1-5H3,(H,37,38)(H,34,35,36)/t21-,23-. The van der Waals surface area contributed by atoms with Crippen LogP contribution < -0.4 is 24.8 Å². The summed E-state index contributed by atoms with van der Waals surface area (Å²) in [6, 6.07) is 13.4. The van der Waals surface area contributed by atoms with Gasteiger partial charge in [0.25, 0.3) is 0 Å². The number of nitrogens with one attached hydrogen (secondary N) is 2. The molecule has 2 heterocycles. The highest BCUT2D eigenvalue weighted by molar-refractivity contribution is 5.93. The van der Waals surface area contributed by atoms with Gasteiger partial charge >= 0.3 is 6.09 Å². The molecule has 1 saturated carbocycles. The van der Waals surface area contributed by atoms with Gasteiger partial charge in [-0.05, 0) is 95.3 Å². The summed E-state index contributed by atoms with van der Waals surface area (Å²) in [6.45, 7) is 7.56. The Balaban J connectivity index is 1.28. The average molecular weight is 572 g/mol. The number of hydrogen-bond donors (Lipinski definition) is 2. The van der Waals surface area contributed by atoms with Crippen molar-refractivity contribution in [3.8, 4) is 23.0 Å². The summed E-state index contributed by atoms with van der Waals surface area (Å²) < 4.78 is 23.5. The van der Waals surface area contributed by atoms with Crippen LogP contribution in [-0.4, -0.2) is 45.9 Å². The third-order valence-electron chi connectivity index (χ3n) is 6.91. The lowest BCUT2D eigenvalue weighted by atomic mass is 9.93. The Morgan fingerprint density at radius 3 is 2.48 bits per heavy atom. The molecule has 10 nitrogen and oxygen atoms in total. The molecule has 0 bridgehead atoms. The topological polar surface area (TPSA) is 117 Å². The van der Waals surface area contributed by atoms with Crippen LogP contribution in [0.4, 0.5) is 16.3 Å². The molecule has 10 heteroatoms. The average Bonchev–Trinajstić information content (AvgIpc) is 2.95. The minimum Gasteiger partial charge on any atom is -0.493 e. The lowest BCUT2D eigenvalue weighted by molar-refractivity contribution is 0.0470. The molecule has 2 aromatic heterocycles. The van der Waals surface area contributed by atoms with Gasteiger partial charge < -0.3 is 29.6 Å². The van der Waals surface area contributed by atoms with Gasteiger partial charge in [-0.25, -0.2) is 14.8 Å². The first-order valence-corrected chi connectivity index (χ1v) is 14.1. The minimum atomic E-state index is -0.522. The van der Waals surface area contributed by atoms with Crippen LogP contribution in [-0.2, 0) is 4.74 Å². The van der Waals surface area contributed by atoms with E-state index in [0.717, 1.165) is 53.6 Å². The molecule has 0 saturated heterocycles. The third-order valence-corrected chi connectivity index (χ3v) is 6.91. The summed E-state index contributed by atoms with van der Waals surface area (Å²) in [5.74, 6) is 3.31. The van der Waals surface area contributed by atoms with Gasteiger partial charge in [-0.15, -0.1) is 0 Å². The number of aryl methyl sites for hydroxylation is 1. The quantitative estimate of drug-likeness (QED) is 0.228. The number of anilines is 2. The highest BCUT2D eigenvalue weighted by Gasteiger charge is 2.26. The first-order chi connectivity index (χ1) is 20.2. The molecule has 1 aliphatic carbocycles. The van der Waals surface area contributed by atoms with Crippen molar-refractivity contribution in [3.63, 3.8) is 0 Å². The Hall–Kier alpha value is -4.60. The van der Waals surface area contributed by atoms with Crippen LogP contribution >= 0.6 is 0 Å². The second-order valence-electron chi connectivity index (χ2n) is 11.4. The van der Waals surface area contributed by atoms with Crippen molar-refractivity contribution < 1.29 is 23.7 Å². The zero-order chi connectivity index (χ0) is 29.7. The number of ether oxygens (including phenoxy) is 4. The molecule has 2 aromatic carbocycles. The zero-order valence-corrected chi connectivity index (χ0v) is 24.6. The molecule has 4 aromatic rings. The van der Waals surface area contributed by atoms with Gasteiger partial charge in [-0.2, -0.15) is 0 Å². The number of amides is 1. The number of aromatic nitrogens is 3. The zero-order valence-electron chi connectivity index (χ0n) is 24.6. The number of methoxy groups -OCH3 is 1. The van der Waals surface area contributed by atoms with Crippen molar-refractivity contribution in [3.05, 3.63) is 66.7 Å². The van der Waals surface area contributed by atoms with Crippen LogP contribution in [0.3, 0.4) is 0 Å². The van der Waals surface area contributed by atoms with Gasteiger partial charge in [-0.1, -0.05) is 0 Å². The molecule has 0 unspecified atom stereocenters. The van der Waals surface area contributed by atoms with Gasteiger partial charge in [-0.3, -0.25) is 4.98 Å². The van der Waals surface area contributed by atoms with Crippen molar-refractivity contribution in [2.45, 2.75) is 71.1 Å². The fourth-order valence-electron chi connectivity index (χ4n) is 4.91. The molecule has 220 valence electrons. The largest absolute Gasteiger partial charge is 0.493 e. The van der Waals surface area contributed by atoms with Crippen molar-refractivity contribution in [2.75, 3.05) is 12.4 Å². The predicted octanol–water partition coefficient (Wildman–Crippen LogP) is 7.09. The summed E-state index contributed by atoms with van der Waals surface area (Å²) in [6.07, 6.45) is 7.72. The van der Waals surface area contributed by atoms with E-state index in [4.69, 9.17) is 18.9 Å². The maximum Gasteiger partial charge on any atom is 0.407 e. The molecule has 42 heavy (non-hydrogen) atoms. The van der Waals surface area contributed by atoms with Gasteiger partial charge in [0, 0.05) is 29.4 Å². The number of benzene rings is 2. The highest BCUT2D eigenvalue weighted by Crippen LogP contribution is 2.37. The molecule has 1 amide bonds. The normalized spacial score (nSPS) is 16.9. The first-order valence-electron chi connectivity index (χ1n) is 14.1. The molecule has 5 rings (SSSR count). The summed E-state index contributed by atoms with van der Waals surface area (Å²) in [5, 5.41) is 7.21. The molecule has 1 aliphatic rings. The van der Waals surface area contributed by atoms with E-state index in [1.54, 1.807) is 19.5 Å². The molecule has 0 atom stereocenters. The van der Waals surface area contributed by atoms with Crippen molar-refractivity contribution in [2.24, 2.45) is 0 Å². The van der Waals surface area contributed by atoms with Crippen LogP contribution in [0, 0.1) is 6.92 Å². The Morgan fingerprint density at radius 1 is 0.976 bits per heavy atom. The van der Waals surface area contributed by atoms with Crippen molar-refractivity contribution in [1.29, 1.82) is 0 Å². The smallest absolute Gasteiger partial charge is 0.407 e. The molecule has 0 spiro atoms. The van der Waals surface area contributed by atoms with Crippen molar-refractivity contribution >= 4 is 28.5 Å². The number of fused-ring (bicyclic) bond motifs is 1. The number of carbonyl (C=O) groups is 1. The molecule has 0 radical (unpaired) electrons. The Labute approximate surface area is 245 Å². The van der Waals surface area contributed by atoms with E-state index in [1.807, 2.05) is 70.2 Å². The molecular weight excluding hydrogens is 534 g/mol. The fourth-order valence-corrected chi connectivity index (χ4v) is 4.91. The lowest BCUT2D eigenvalue weighted by Crippen LogP contribution is -2.42. The van der Waals surface area contributed by atoms with Crippen LogP contribution in [0.25, 0.3) is 10.9 Å². The minimum absolute atomic E-state index is 0.0101. The Morgan fingerprint density at radius 2 is 1.79 bits per heavy atom. The van der Waals surface area contributed by atoms with E-state index < -0.39 is 5.60 Å². The second kappa shape index (κ2) is 12.5. The molecule has 1 fully saturated rings. The van der Waals surface area contributed by atoms with Crippen LogP contribution in [0.2, 0.25) is 0 Å². The second-order valence-corrected chi connectivity index (χ2v) is 11.4. The number of carbonyl (C=O) groups excluding carboxylic acids is 1. The summed E-state index contributed by atoms with van der Waals surface area (Å²) >= 11 is 0.